The third-order valence-corrected chi connectivity index (χ3v) is 6.99. The van der Waals surface area contributed by atoms with E-state index in [-0.39, 0.29) is 0 Å². The lowest BCUT2D eigenvalue weighted by atomic mass is 9.98. The highest BCUT2D eigenvalue weighted by Crippen LogP contribution is 2.28. The number of fused-ring (bicyclic) bond motifs is 1. The average Bonchev–Trinajstić information content (AvgIpc) is 3.49. The number of rotatable bonds is 9. The number of benzene rings is 2. The highest BCUT2D eigenvalue weighted by Gasteiger charge is 2.16. The average molecular weight is 433 g/mol. The Hall–Kier alpha value is -2.30. The van der Waals surface area contributed by atoms with E-state index in [2.05, 4.69) is 64.1 Å². The molecule has 1 saturated heterocycles. The van der Waals surface area contributed by atoms with E-state index >= 15 is 0 Å². The summed E-state index contributed by atoms with van der Waals surface area (Å²) in [6.45, 7) is 5.10. The molecule has 1 aromatic heterocycles. The van der Waals surface area contributed by atoms with Crippen molar-refractivity contribution >= 4 is 10.9 Å². The molecule has 1 aliphatic carbocycles. The van der Waals surface area contributed by atoms with Gasteiger partial charge in [0.15, 0.2) is 0 Å². The van der Waals surface area contributed by atoms with Crippen LogP contribution in [0.1, 0.15) is 57.1 Å². The molecular formula is C28H36N2O2. The summed E-state index contributed by atoms with van der Waals surface area (Å²) in [5.74, 6) is 0.951. The molecule has 0 spiro atoms. The molecule has 170 valence electrons. The molecule has 2 heterocycles. The second kappa shape index (κ2) is 10.5. The summed E-state index contributed by atoms with van der Waals surface area (Å²) in [7, 11) is 0. The quantitative estimate of drug-likeness (QED) is 0.369. The van der Waals surface area contributed by atoms with Crippen molar-refractivity contribution in [1.29, 1.82) is 0 Å². The maximum absolute atomic E-state index is 6.34. The van der Waals surface area contributed by atoms with Crippen LogP contribution >= 0.6 is 0 Å². The van der Waals surface area contributed by atoms with E-state index in [4.69, 9.17) is 9.47 Å². The molecule has 4 heteroatoms. The molecule has 32 heavy (non-hydrogen) atoms. The van der Waals surface area contributed by atoms with E-state index in [1.54, 1.807) is 0 Å². The van der Waals surface area contributed by atoms with Gasteiger partial charge in [-0.15, -0.1) is 0 Å². The minimum Gasteiger partial charge on any atom is -0.494 e. The standard InChI is InChI=1S/C28H36N2O2/c1-2-10-26(11-3-1)32-22-25-21-23-9-4-5-12-28(23)30(25)24-13-15-27(16-14-24)31-20-8-19-29-17-6-7-18-29/h4-5,9,12-16,21,26H,1-3,6-8,10-11,17-20,22H2. The summed E-state index contributed by atoms with van der Waals surface area (Å²) < 4.78 is 14.7. The molecule has 0 unspecified atom stereocenters. The van der Waals surface area contributed by atoms with Crippen LogP contribution in [0.4, 0.5) is 0 Å². The molecule has 1 saturated carbocycles. The van der Waals surface area contributed by atoms with Crippen LogP contribution in [-0.2, 0) is 11.3 Å². The van der Waals surface area contributed by atoms with Gasteiger partial charge in [-0.3, -0.25) is 0 Å². The molecule has 0 atom stereocenters. The Kier molecular flexibility index (Phi) is 7.10. The maximum Gasteiger partial charge on any atom is 0.119 e. The first-order valence-electron chi connectivity index (χ1n) is 12.5. The molecule has 2 aromatic carbocycles. The Balaban J connectivity index is 1.26. The molecule has 4 nitrogen and oxygen atoms in total. The number of nitrogens with zero attached hydrogens (tertiary/aromatic N) is 2. The summed E-state index contributed by atoms with van der Waals surface area (Å²) in [4.78, 5) is 2.54. The van der Waals surface area contributed by atoms with E-state index in [9.17, 15) is 0 Å². The van der Waals surface area contributed by atoms with Gasteiger partial charge in [-0.05, 0) is 81.6 Å². The van der Waals surface area contributed by atoms with Crippen LogP contribution < -0.4 is 4.74 Å². The maximum atomic E-state index is 6.34. The Morgan fingerprint density at radius 3 is 2.44 bits per heavy atom. The van der Waals surface area contributed by atoms with Crippen molar-refractivity contribution < 1.29 is 9.47 Å². The lowest BCUT2D eigenvalue weighted by Gasteiger charge is -2.22. The van der Waals surface area contributed by atoms with Gasteiger partial charge in [0.05, 0.1) is 24.8 Å². The Morgan fingerprint density at radius 2 is 1.62 bits per heavy atom. The van der Waals surface area contributed by atoms with Crippen LogP contribution in [0.5, 0.6) is 5.75 Å². The van der Waals surface area contributed by atoms with Gasteiger partial charge >= 0.3 is 0 Å². The first-order valence-corrected chi connectivity index (χ1v) is 12.5. The van der Waals surface area contributed by atoms with E-state index in [1.807, 2.05) is 0 Å². The molecule has 0 bridgehead atoms. The van der Waals surface area contributed by atoms with Gasteiger partial charge < -0.3 is 18.9 Å². The molecule has 2 fully saturated rings. The predicted molar refractivity (Wildman–Crippen MR) is 131 cm³/mol. The fraction of sp³-hybridized carbons (Fsp3) is 0.500. The zero-order valence-corrected chi connectivity index (χ0v) is 19.2. The summed E-state index contributed by atoms with van der Waals surface area (Å²) in [6.07, 6.45) is 10.5. The number of hydrogen-bond acceptors (Lipinski definition) is 3. The van der Waals surface area contributed by atoms with Crippen LogP contribution in [0.15, 0.2) is 54.6 Å². The molecule has 0 amide bonds. The summed E-state index contributed by atoms with van der Waals surface area (Å²) >= 11 is 0. The zero-order chi connectivity index (χ0) is 21.6. The van der Waals surface area contributed by atoms with Gasteiger partial charge in [0.1, 0.15) is 5.75 Å². The van der Waals surface area contributed by atoms with Gasteiger partial charge in [-0.1, -0.05) is 37.5 Å². The zero-order valence-electron chi connectivity index (χ0n) is 19.2. The monoisotopic (exact) mass is 432 g/mol. The molecule has 3 aromatic rings. The van der Waals surface area contributed by atoms with Crippen molar-refractivity contribution in [2.75, 3.05) is 26.2 Å². The highest BCUT2D eigenvalue weighted by atomic mass is 16.5. The van der Waals surface area contributed by atoms with Crippen LogP contribution in [0, 0.1) is 0 Å². The van der Waals surface area contributed by atoms with Gasteiger partial charge in [-0.2, -0.15) is 0 Å². The SMILES string of the molecule is c1ccc2c(c1)cc(COC1CCCCC1)n2-c1ccc(OCCCN2CCCC2)cc1. The number of ether oxygens (including phenoxy) is 2. The number of aromatic nitrogens is 1. The first kappa shape index (κ1) is 21.5. The van der Waals surface area contributed by atoms with Crippen LogP contribution in [0.25, 0.3) is 16.6 Å². The fourth-order valence-electron chi connectivity index (χ4n) is 5.23. The largest absolute Gasteiger partial charge is 0.494 e. The van der Waals surface area contributed by atoms with Crippen molar-refractivity contribution in [3.8, 4) is 11.4 Å². The minimum atomic E-state index is 0.409. The van der Waals surface area contributed by atoms with Crippen LogP contribution in [0.2, 0.25) is 0 Å². The van der Waals surface area contributed by atoms with Crippen molar-refractivity contribution in [2.45, 2.75) is 64.1 Å². The van der Waals surface area contributed by atoms with E-state index in [0.717, 1.165) is 31.0 Å². The van der Waals surface area contributed by atoms with Crippen LogP contribution in [0.3, 0.4) is 0 Å². The van der Waals surface area contributed by atoms with Crippen molar-refractivity contribution in [3.63, 3.8) is 0 Å². The fourth-order valence-corrected chi connectivity index (χ4v) is 5.23. The number of para-hydroxylation sites is 1. The predicted octanol–water partition coefficient (Wildman–Crippen LogP) is 6.34. The number of likely N-dealkylation sites (tertiary alicyclic amines) is 1. The van der Waals surface area contributed by atoms with Crippen molar-refractivity contribution in [3.05, 3.63) is 60.3 Å². The molecule has 2 aliphatic rings. The molecule has 1 aliphatic heterocycles. The summed E-state index contributed by atoms with van der Waals surface area (Å²) in [5.41, 5.74) is 3.61. The number of hydrogen-bond donors (Lipinski definition) is 0. The van der Waals surface area contributed by atoms with Gasteiger partial charge in [0.2, 0.25) is 0 Å². The van der Waals surface area contributed by atoms with E-state index in [0.29, 0.717) is 12.7 Å². The second-order valence-electron chi connectivity index (χ2n) is 9.35. The minimum absolute atomic E-state index is 0.409. The lowest BCUT2D eigenvalue weighted by Crippen LogP contribution is -2.21. The molecular weight excluding hydrogens is 396 g/mol. The molecule has 0 radical (unpaired) electrons. The Bertz CT molecular complexity index is 982. The summed E-state index contributed by atoms with van der Waals surface area (Å²) in [6, 6.07) is 19.4. The first-order chi connectivity index (χ1) is 15.9. The third kappa shape index (κ3) is 5.19. The smallest absolute Gasteiger partial charge is 0.119 e. The van der Waals surface area contributed by atoms with Gasteiger partial charge in [-0.25, -0.2) is 0 Å². The topological polar surface area (TPSA) is 26.6 Å². The second-order valence-corrected chi connectivity index (χ2v) is 9.35. The van der Waals surface area contributed by atoms with E-state index in [1.165, 1.54) is 74.6 Å². The Morgan fingerprint density at radius 1 is 0.844 bits per heavy atom. The Labute approximate surface area is 192 Å². The molecule has 0 N–H and O–H groups in total. The normalized spacial score (nSPS) is 17.9. The van der Waals surface area contributed by atoms with E-state index < -0.39 is 0 Å². The van der Waals surface area contributed by atoms with Crippen molar-refractivity contribution in [2.24, 2.45) is 0 Å². The van der Waals surface area contributed by atoms with Gasteiger partial charge in [0, 0.05) is 23.3 Å². The lowest BCUT2D eigenvalue weighted by molar-refractivity contribution is 0.0148. The van der Waals surface area contributed by atoms with Gasteiger partial charge in [0.25, 0.3) is 0 Å². The summed E-state index contributed by atoms with van der Waals surface area (Å²) in [5, 5.41) is 1.26. The highest BCUT2D eigenvalue weighted by molar-refractivity contribution is 5.83. The van der Waals surface area contributed by atoms with Crippen LogP contribution in [-0.4, -0.2) is 41.8 Å². The molecule has 5 rings (SSSR count). The third-order valence-electron chi connectivity index (χ3n) is 6.99. The van der Waals surface area contributed by atoms with Crippen molar-refractivity contribution in [1.82, 2.24) is 9.47 Å².